The number of rotatable bonds is 6. The summed E-state index contributed by atoms with van der Waals surface area (Å²) in [5.74, 6) is 0.356. The SMILES string of the molecule is CCC(C)(CC)OC(=O)COc1ccc2ccccc2c1. The molecule has 0 aliphatic rings. The number of hydrogen-bond donors (Lipinski definition) is 0. The van der Waals surface area contributed by atoms with Crippen LogP contribution in [-0.2, 0) is 9.53 Å². The number of esters is 1. The van der Waals surface area contributed by atoms with Gasteiger partial charge >= 0.3 is 5.97 Å². The molecule has 0 bridgehead atoms. The molecule has 0 amide bonds. The molecule has 2 aromatic carbocycles. The van der Waals surface area contributed by atoms with Gasteiger partial charge in [-0.2, -0.15) is 0 Å². The highest BCUT2D eigenvalue weighted by molar-refractivity contribution is 5.83. The fraction of sp³-hybridized carbons (Fsp3) is 0.389. The van der Waals surface area contributed by atoms with E-state index in [2.05, 4.69) is 0 Å². The van der Waals surface area contributed by atoms with E-state index in [0.29, 0.717) is 5.75 Å². The van der Waals surface area contributed by atoms with Crippen LogP contribution in [0.5, 0.6) is 5.75 Å². The van der Waals surface area contributed by atoms with Crippen molar-refractivity contribution in [3.05, 3.63) is 42.5 Å². The average molecular weight is 286 g/mol. The molecule has 3 nitrogen and oxygen atoms in total. The Morgan fingerprint density at radius 1 is 1.05 bits per heavy atom. The minimum atomic E-state index is -0.399. The van der Waals surface area contributed by atoms with Gasteiger partial charge in [-0.1, -0.05) is 44.2 Å². The normalized spacial score (nSPS) is 11.4. The lowest BCUT2D eigenvalue weighted by Crippen LogP contribution is -2.32. The van der Waals surface area contributed by atoms with Crippen molar-refractivity contribution in [3.63, 3.8) is 0 Å². The van der Waals surface area contributed by atoms with Gasteiger partial charge in [0.2, 0.25) is 0 Å². The molecular formula is C18H22O3. The number of fused-ring (bicyclic) bond motifs is 1. The summed E-state index contributed by atoms with van der Waals surface area (Å²) < 4.78 is 11.0. The van der Waals surface area contributed by atoms with Gasteiger partial charge in [0.1, 0.15) is 11.4 Å². The van der Waals surface area contributed by atoms with Crippen LogP contribution in [0.25, 0.3) is 10.8 Å². The van der Waals surface area contributed by atoms with Crippen LogP contribution in [0.15, 0.2) is 42.5 Å². The molecule has 0 radical (unpaired) electrons. The van der Waals surface area contributed by atoms with Crippen molar-refractivity contribution in [2.24, 2.45) is 0 Å². The van der Waals surface area contributed by atoms with Crippen LogP contribution in [0.3, 0.4) is 0 Å². The lowest BCUT2D eigenvalue weighted by atomic mass is 10.0. The Hall–Kier alpha value is -2.03. The third kappa shape index (κ3) is 3.97. The molecule has 0 N–H and O–H groups in total. The third-order valence-corrected chi connectivity index (χ3v) is 3.93. The minimum absolute atomic E-state index is 0.0616. The third-order valence-electron chi connectivity index (χ3n) is 3.93. The molecule has 0 spiro atoms. The summed E-state index contributed by atoms with van der Waals surface area (Å²) in [6.45, 7) is 5.91. The maximum absolute atomic E-state index is 11.9. The standard InChI is InChI=1S/C18H22O3/c1-4-18(3,5-2)21-17(19)13-20-16-11-10-14-8-6-7-9-15(14)12-16/h6-12H,4-5,13H2,1-3H3. The number of ether oxygens (including phenoxy) is 2. The highest BCUT2D eigenvalue weighted by Gasteiger charge is 2.24. The van der Waals surface area contributed by atoms with Crippen LogP contribution in [-0.4, -0.2) is 18.2 Å². The lowest BCUT2D eigenvalue weighted by molar-refractivity contribution is -0.161. The Bertz CT molecular complexity index is 615. The molecule has 0 atom stereocenters. The lowest BCUT2D eigenvalue weighted by Gasteiger charge is -2.26. The van der Waals surface area contributed by atoms with Gasteiger partial charge in [-0.3, -0.25) is 0 Å². The van der Waals surface area contributed by atoms with Crippen molar-refractivity contribution in [2.45, 2.75) is 39.2 Å². The number of carbonyl (C=O) groups excluding carboxylic acids is 1. The van der Waals surface area contributed by atoms with Crippen molar-refractivity contribution in [3.8, 4) is 5.75 Å². The van der Waals surface area contributed by atoms with Crippen LogP contribution in [0, 0.1) is 0 Å². The zero-order chi connectivity index (χ0) is 15.3. The van der Waals surface area contributed by atoms with Crippen molar-refractivity contribution >= 4 is 16.7 Å². The Morgan fingerprint density at radius 3 is 2.38 bits per heavy atom. The second-order valence-electron chi connectivity index (χ2n) is 5.43. The molecule has 3 heteroatoms. The molecule has 0 aliphatic carbocycles. The summed E-state index contributed by atoms with van der Waals surface area (Å²) in [4.78, 5) is 11.9. The summed E-state index contributed by atoms with van der Waals surface area (Å²) in [6.07, 6.45) is 1.59. The molecule has 0 aliphatic heterocycles. The van der Waals surface area contributed by atoms with E-state index >= 15 is 0 Å². The van der Waals surface area contributed by atoms with E-state index in [1.807, 2.05) is 63.2 Å². The molecule has 0 aromatic heterocycles. The topological polar surface area (TPSA) is 35.5 Å². The molecule has 0 heterocycles. The molecule has 2 aromatic rings. The van der Waals surface area contributed by atoms with Crippen molar-refractivity contribution in [2.75, 3.05) is 6.61 Å². The van der Waals surface area contributed by atoms with E-state index in [1.165, 1.54) is 0 Å². The summed E-state index contributed by atoms with van der Waals surface area (Å²) in [7, 11) is 0. The highest BCUT2D eigenvalue weighted by atomic mass is 16.6. The predicted octanol–water partition coefficient (Wildman–Crippen LogP) is 4.34. The first-order valence-corrected chi connectivity index (χ1v) is 7.40. The Balaban J connectivity index is 1.96. The van der Waals surface area contributed by atoms with E-state index in [9.17, 15) is 4.79 Å². The fourth-order valence-corrected chi connectivity index (χ4v) is 2.10. The molecule has 0 saturated carbocycles. The zero-order valence-corrected chi connectivity index (χ0v) is 12.9. The van der Waals surface area contributed by atoms with Crippen LogP contribution < -0.4 is 4.74 Å². The van der Waals surface area contributed by atoms with Gasteiger partial charge in [0, 0.05) is 0 Å². The predicted molar refractivity (Wildman–Crippen MR) is 84.5 cm³/mol. The summed E-state index contributed by atoms with van der Waals surface area (Å²) >= 11 is 0. The summed E-state index contributed by atoms with van der Waals surface area (Å²) in [5.41, 5.74) is -0.399. The van der Waals surface area contributed by atoms with Gasteiger partial charge in [0.05, 0.1) is 0 Å². The Morgan fingerprint density at radius 2 is 1.71 bits per heavy atom. The zero-order valence-electron chi connectivity index (χ0n) is 12.9. The maximum Gasteiger partial charge on any atom is 0.344 e. The molecule has 112 valence electrons. The van der Waals surface area contributed by atoms with Gasteiger partial charge < -0.3 is 9.47 Å². The van der Waals surface area contributed by atoms with Gasteiger partial charge in [-0.05, 0) is 42.7 Å². The monoisotopic (exact) mass is 286 g/mol. The quantitative estimate of drug-likeness (QED) is 0.741. The number of carbonyl (C=O) groups is 1. The largest absolute Gasteiger partial charge is 0.482 e. The molecule has 0 unspecified atom stereocenters. The van der Waals surface area contributed by atoms with Crippen LogP contribution in [0.2, 0.25) is 0 Å². The molecule has 2 rings (SSSR count). The van der Waals surface area contributed by atoms with Gasteiger partial charge in [0.25, 0.3) is 0 Å². The van der Waals surface area contributed by atoms with E-state index < -0.39 is 5.60 Å². The molecule has 0 fully saturated rings. The summed E-state index contributed by atoms with van der Waals surface area (Å²) in [6, 6.07) is 13.8. The van der Waals surface area contributed by atoms with Crippen molar-refractivity contribution < 1.29 is 14.3 Å². The minimum Gasteiger partial charge on any atom is -0.482 e. The van der Waals surface area contributed by atoms with Gasteiger partial charge in [0.15, 0.2) is 6.61 Å². The van der Waals surface area contributed by atoms with E-state index in [4.69, 9.17) is 9.47 Å². The number of benzene rings is 2. The number of hydrogen-bond acceptors (Lipinski definition) is 3. The van der Waals surface area contributed by atoms with E-state index in [-0.39, 0.29) is 12.6 Å². The van der Waals surface area contributed by atoms with Gasteiger partial charge in [-0.25, -0.2) is 4.79 Å². The van der Waals surface area contributed by atoms with Gasteiger partial charge in [-0.15, -0.1) is 0 Å². The fourth-order valence-electron chi connectivity index (χ4n) is 2.10. The first-order valence-electron chi connectivity index (χ1n) is 7.40. The summed E-state index contributed by atoms with van der Waals surface area (Å²) in [5, 5.41) is 2.24. The van der Waals surface area contributed by atoms with Crippen LogP contribution in [0.1, 0.15) is 33.6 Å². The molecule has 21 heavy (non-hydrogen) atoms. The molecular weight excluding hydrogens is 264 g/mol. The van der Waals surface area contributed by atoms with Crippen LogP contribution in [0.4, 0.5) is 0 Å². The Labute approximate surface area is 125 Å². The highest BCUT2D eigenvalue weighted by Crippen LogP contribution is 2.22. The van der Waals surface area contributed by atoms with Crippen molar-refractivity contribution in [1.29, 1.82) is 0 Å². The molecule has 0 saturated heterocycles. The smallest absolute Gasteiger partial charge is 0.344 e. The Kier molecular flexibility index (Phi) is 4.84. The van der Waals surface area contributed by atoms with Crippen LogP contribution >= 0.6 is 0 Å². The second kappa shape index (κ2) is 6.61. The van der Waals surface area contributed by atoms with E-state index in [1.54, 1.807) is 0 Å². The first kappa shape index (κ1) is 15.4. The average Bonchev–Trinajstić information content (AvgIpc) is 2.52. The van der Waals surface area contributed by atoms with Crippen molar-refractivity contribution in [1.82, 2.24) is 0 Å². The second-order valence-corrected chi connectivity index (χ2v) is 5.43. The maximum atomic E-state index is 11.9. The first-order chi connectivity index (χ1) is 10.1. The van der Waals surface area contributed by atoms with E-state index in [0.717, 1.165) is 23.6 Å².